The standard InChI is InChI=1S/C11H11F3N2O2S/c1-4(2-7(15)19)16-11(18)5-3-6(12)9(14)10(17)8(5)13/h3-4,17H,2H2,1H3,(H2,15,19)(H,16,18). The van der Waals surface area contributed by atoms with E-state index in [2.05, 4.69) is 17.5 Å². The summed E-state index contributed by atoms with van der Waals surface area (Å²) in [6.07, 6.45) is 0.165. The molecule has 104 valence electrons. The van der Waals surface area contributed by atoms with Crippen LogP contribution in [0, 0.1) is 17.5 Å². The Kier molecular flexibility index (Phi) is 4.71. The van der Waals surface area contributed by atoms with Crippen molar-refractivity contribution in [2.24, 2.45) is 5.73 Å². The number of benzene rings is 1. The lowest BCUT2D eigenvalue weighted by Crippen LogP contribution is -2.35. The highest BCUT2D eigenvalue weighted by Gasteiger charge is 2.23. The Labute approximate surface area is 112 Å². The van der Waals surface area contributed by atoms with E-state index in [4.69, 9.17) is 10.8 Å². The van der Waals surface area contributed by atoms with Crippen molar-refractivity contribution in [1.29, 1.82) is 0 Å². The number of carbonyl (C=O) groups excluding carboxylic acids is 1. The SMILES string of the molecule is CC(CC(N)=S)NC(=O)c1cc(F)c(F)c(O)c1F. The van der Waals surface area contributed by atoms with Gasteiger partial charge in [0.15, 0.2) is 17.4 Å². The Morgan fingerprint density at radius 3 is 2.58 bits per heavy atom. The van der Waals surface area contributed by atoms with Gasteiger partial charge in [0.05, 0.1) is 10.6 Å². The molecular formula is C11H11F3N2O2S. The van der Waals surface area contributed by atoms with Crippen molar-refractivity contribution >= 4 is 23.1 Å². The van der Waals surface area contributed by atoms with Crippen molar-refractivity contribution in [3.05, 3.63) is 29.1 Å². The predicted molar refractivity (Wildman–Crippen MR) is 66.3 cm³/mol. The maximum atomic E-state index is 13.4. The van der Waals surface area contributed by atoms with Crippen LogP contribution in [0.4, 0.5) is 13.2 Å². The normalized spacial score (nSPS) is 12.0. The fourth-order valence-electron chi connectivity index (χ4n) is 1.41. The minimum absolute atomic E-state index is 0.140. The molecule has 1 amide bonds. The number of rotatable bonds is 4. The van der Waals surface area contributed by atoms with E-state index in [-0.39, 0.29) is 11.4 Å². The summed E-state index contributed by atoms with van der Waals surface area (Å²) in [7, 11) is 0. The lowest BCUT2D eigenvalue weighted by atomic mass is 10.1. The molecule has 19 heavy (non-hydrogen) atoms. The van der Waals surface area contributed by atoms with Crippen LogP contribution in [-0.2, 0) is 0 Å². The maximum absolute atomic E-state index is 13.4. The van der Waals surface area contributed by atoms with Crippen LogP contribution in [0.2, 0.25) is 0 Å². The molecule has 1 unspecified atom stereocenters. The summed E-state index contributed by atoms with van der Waals surface area (Å²) in [5, 5.41) is 11.3. The van der Waals surface area contributed by atoms with E-state index >= 15 is 0 Å². The van der Waals surface area contributed by atoms with E-state index in [1.54, 1.807) is 6.92 Å². The van der Waals surface area contributed by atoms with Gasteiger partial charge >= 0.3 is 0 Å². The van der Waals surface area contributed by atoms with Crippen molar-refractivity contribution in [1.82, 2.24) is 5.32 Å². The molecule has 0 saturated carbocycles. The molecule has 0 heterocycles. The number of aromatic hydroxyl groups is 1. The molecule has 1 rings (SSSR count). The van der Waals surface area contributed by atoms with Gasteiger partial charge in [0.2, 0.25) is 5.82 Å². The average Bonchev–Trinajstić information content (AvgIpc) is 2.29. The van der Waals surface area contributed by atoms with Gasteiger partial charge in [-0.15, -0.1) is 0 Å². The van der Waals surface area contributed by atoms with Crippen molar-refractivity contribution in [3.63, 3.8) is 0 Å². The second kappa shape index (κ2) is 5.87. The topological polar surface area (TPSA) is 75.3 Å². The van der Waals surface area contributed by atoms with Gasteiger partial charge in [-0.05, 0) is 13.0 Å². The Bertz CT molecular complexity index is 537. The lowest BCUT2D eigenvalue weighted by molar-refractivity contribution is 0.0935. The molecule has 0 aromatic heterocycles. The number of carbonyl (C=O) groups is 1. The van der Waals surface area contributed by atoms with Gasteiger partial charge in [0.1, 0.15) is 0 Å². The summed E-state index contributed by atoms with van der Waals surface area (Å²) in [4.78, 5) is 11.8. The average molecular weight is 292 g/mol. The van der Waals surface area contributed by atoms with E-state index in [0.29, 0.717) is 6.07 Å². The van der Waals surface area contributed by atoms with E-state index in [9.17, 15) is 18.0 Å². The number of hydrogen-bond donors (Lipinski definition) is 3. The van der Waals surface area contributed by atoms with Crippen molar-refractivity contribution in [2.75, 3.05) is 0 Å². The molecule has 1 aromatic carbocycles. The summed E-state index contributed by atoms with van der Waals surface area (Å²) in [6.45, 7) is 1.55. The van der Waals surface area contributed by atoms with Crippen molar-refractivity contribution < 1.29 is 23.1 Å². The molecule has 0 saturated heterocycles. The van der Waals surface area contributed by atoms with Gasteiger partial charge in [-0.2, -0.15) is 4.39 Å². The first-order chi connectivity index (χ1) is 8.73. The molecule has 0 radical (unpaired) electrons. The van der Waals surface area contributed by atoms with E-state index in [1.807, 2.05) is 0 Å². The molecule has 0 bridgehead atoms. The quantitative estimate of drug-likeness (QED) is 0.582. The predicted octanol–water partition coefficient (Wildman–Crippen LogP) is 1.60. The van der Waals surface area contributed by atoms with Crippen LogP contribution in [0.5, 0.6) is 5.75 Å². The van der Waals surface area contributed by atoms with Gasteiger partial charge < -0.3 is 16.2 Å². The third-order valence-corrected chi connectivity index (χ3v) is 2.43. The van der Waals surface area contributed by atoms with Crippen LogP contribution in [0.15, 0.2) is 6.07 Å². The van der Waals surface area contributed by atoms with Gasteiger partial charge in [-0.1, -0.05) is 12.2 Å². The van der Waals surface area contributed by atoms with E-state index in [0.717, 1.165) is 0 Å². The number of amides is 1. The minimum Gasteiger partial charge on any atom is -0.503 e. The zero-order valence-electron chi connectivity index (χ0n) is 9.84. The van der Waals surface area contributed by atoms with Gasteiger partial charge in [0, 0.05) is 12.5 Å². The molecule has 4 N–H and O–H groups in total. The largest absolute Gasteiger partial charge is 0.503 e. The minimum atomic E-state index is -1.75. The van der Waals surface area contributed by atoms with Crippen LogP contribution in [0.25, 0.3) is 0 Å². The second-order valence-electron chi connectivity index (χ2n) is 3.93. The summed E-state index contributed by atoms with van der Waals surface area (Å²) in [5.41, 5.74) is 4.46. The second-order valence-corrected chi connectivity index (χ2v) is 4.45. The fourth-order valence-corrected chi connectivity index (χ4v) is 1.66. The third kappa shape index (κ3) is 3.57. The van der Waals surface area contributed by atoms with Crippen molar-refractivity contribution in [2.45, 2.75) is 19.4 Å². The van der Waals surface area contributed by atoms with Gasteiger partial charge in [-0.3, -0.25) is 4.79 Å². The highest BCUT2D eigenvalue weighted by atomic mass is 32.1. The lowest BCUT2D eigenvalue weighted by Gasteiger charge is -2.13. The van der Waals surface area contributed by atoms with Crippen LogP contribution < -0.4 is 11.1 Å². The number of hydrogen-bond acceptors (Lipinski definition) is 3. The van der Waals surface area contributed by atoms with Crippen LogP contribution in [0.3, 0.4) is 0 Å². The fraction of sp³-hybridized carbons (Fsp3) is 0.273. The van der Waals surface area contributed by atoms with Crippen LogP contribution in [-0.4, -0.2) is 22.0 Å². The zero-order chi connectivity index (χ0) is 14.7. The van der Waals surface area contributed by atoms with Gasteiger partial charge in [0.25, 0.3) is 5.91 Å². The summed E-state index contributed by atoms with van der Waals surface area (Å²) < 4.78 is 39.3. The first-order valence-corrected chi connectivity index (χ1v) is 5.60. The number of phenolic OH excluding ortho intramolecular Hbond substituents is 1. The van der Waals surface area contributed by atoms with Crippen molar-refractivity contribution in [3.8, 4) is 5.75 Å². The third-order valence-electron chi connectivity index (χ3n) is 2.26. The maximum Gasteiger partial charge on any atom is 0.254 e. The number of nitrogens with one attached hydrogen (secondary N) is 1. The number of thiocarbonyl (C=S) groups is 1. The summed E-state index contributed by atoms with van der Waals surface area (Å²) >= 11 is 4.63. The molecule has 1 atom stereocenters. The van der Waals surface area contributed by atoms with E-state index < -0.39 is 40.7 Å². The molecule has 0 spiro atoms. The molecule has 8 heteroatoms. The molecule has 0 aliphatic carbocycles. The molecule has 0 aliphatic heterocycles. The van der Waals surface area contributed by atoms with Gasteiger partial charge in [-0.25, -0.2) is 8.78 Å². The first kappa shape index (κ1) is 15.2. The summed E-state index contributed by atoms with van der Waals surface area (Å²) in [6, 6.07) is -0.146. The number of phenols is 1. The van der Waals surface area contributed by atoms with E-state index in [1.165, 1.54) is 0 Å². The highest BCUT2D eigenvalue weighted by Crippen LogP contribution is 2.25. The number of nitrogens with two attached hydrogens (primary N) is 1. The zero-order valence-corrected chi connectivity index (χ0v) is 10.7. The molecule has 0 aliphatic rings. The Balaban J connectivity index is 2.98. The Hall–Kier alpha value is -1.83. The first-order valence-electron chi connectivity index (χ1n) is 5.19. The molecule has 1 aromatic rings. The molecule has 4 nitrogen and oxygen atoms in total. The monoisotopic (exact) mass is 292 g/mol. The highest BCUT2D eigenvalue weighted by molar-refractivity contribution is 7.80. The van der Waals surface area contributed by atoms with Crippen LogP contribution in [0.1, 0.15) is 23.7 Å². The number of halogens is 3. The molecule has 0 fully saturated rings. The Morgan fingerprint density at radius 2 is 2.05 bits per heavy atom. The van der Waals surface area contributed by atoms with Crippen LogP contribution >= 0.6 is 12.2 Å². The summed E-state index contributed by atoms with van der Waals surface area (Å²) in [5.74, 6) is -7.34. The smallest absolute Gasteiger partial charge is 0.254 e. The Morgan fingerprint density at radius 1 is 1.47 bits per heavy atom. The molecular weight excluding hydrogens is 281 g/mol.